The molecule has 4 atom stereocenters. The Balaban J connectivity index is 1.20. The van der Waals surface area contributed by atoms with Crippen molar-refractivity contribution in [2.24, 2.45) is 29.2 Å². The summed E-state index contributed by atoms with van der Waals surface area (Å²) in [5.74, 6) is 1.94. The summed E-state index contributed by atoms with van der Waals surface area (Å²) < 4.78 is 1.48. The quantitative estimate of drug-likeness (QED) is 0.641. The van der Waals surface area contributed by atoms with Gasteiger partial charge in [0.25, 0.3) is 0 Å². The minimum absolute atomic E-state index is 0.245. The Morgan fingerprint density at radius 2 is 1.87 bits per heavy atom. The average Bonchev–Trinajstić information content (AvgIpc) is 3.16. The van der Waals surface area contributed by atoms with Gasteiger partial charge in [0.15, 0.2) is 0 Å². The van der Waals surface area contributed by atoms with E-state index in [4.69, 9.17) is 11.5 Å². The number of carbonyl (C=O) groups excluding carboxylic acids is 1. The van der Waals surface area contributed by atoms with Gasteiger partial charge in [-0.05, 0) is 54.5 Å². The van der Waals surface area contributed by atoms with Crippen LogP contribution in [0, 0.1) is 17.8 Å². The molecule has 2 aliphatic heterocycles. The summed E-state index contributed by atoms with van der Waals surface area (Å²) in [7, 11) is 0. The largest absolute Gasteiger partial charge is 0.354 e. The molecule has 1 aromatic carbocycles. The third-order valence-corrected chi connectivity index (χ3v) is 6.90. The molecule has 0 bridgehead atoms. The van der Waals surface area contributed by atoms with E-state index in [1.54, 1.807) is 17.2 Å². The summed E-state index contributed by atoms with van der Waals surface area (Å²) in [5, 5.41) is 2.71. The molecular weight excluding hydrogens is 394 g/mol. The smallest absolute Gasteiger partial charge is 0.330 e. The summed E-state index contributed by atoms with van der Waals surface area (Å²) in [5.41, 5.74) is 13.2. The van der Waals surface area contributed by atoms with Crippen LogP contribution in [-0.2, 0) is 6.54 Å². The van der Waals surface area contributed by atoms with Gasteiger partial charge in [0.05, 0.1) is 5.69 Å². The monoisotopic (exact) mass is 423 g/mol. The molecule has 2 aromatic rings. The summed E-state index contributed by atoms with van der Waals surface area (Å²) in [6.07, 6.45) is 2.55. The Bertz CT molecular complexity index is 1010. The van der Waals surface area contributed by atoms with E-state index in [9.17, 15) is 9.59 Å². The number of amides is 2. The Hall–Kier alpha value is -2.75. The minimum atomic E-state index is -0.430. The number of nitrogens with one attached hydrogen (secondary N) is 1. The van der Waals surface area contributed by atoms with Gasteiger partial charge in [-0.2, -0.15) is 4.98 Å². The van der Waals surface area contributed by atoms with E-state index in [0.29, 0.717) is 43.4 Å². The van der Waals surface area contributed by atoms with Gasteiger partial charge in [-0.15, -0.1) is 0 Å². The number of fused-ring (bicyclic) bond motifs is 1. The van der Waals surface area contributed by atoms with E-state index in [1.165, 1.54) is 10.1 Å². The highest BCUT2D eigenvalue weighted by Gasteiger charge is 2.53. The lowest BCUT2D eigenvalue weighted by molar-refractivity contribution is 0.221. The summed E-state index contributed by atoms with van der Waals surface area (Å²) >= 11 is 0. The summed E-state index contributed by atoms with van der Waals surface area (Å²) in [6.45, 7) is 4.94. The molecule has 2 unspecified atom stereocenters. The minimum Gasteiger partial charge on any atom is -0.330 e. The van der Waals surface area contributed by atoms with Crippen LogP contribution in [0.15, 0.2) is 41.3 Å². The maximum absolute atomic E-state index is 12.5. The zero-order valence-electron chi connectivity index (χ0n) is 17.5. The highest BCUT2D eigenvalue weighted by atomic mass is 16.2. The van der Waals surface area contributed by atoms with Crippen LogP contribution >= 0.6 is 0 Å². The first-order chi connectivity index (χ1) is 15.0. The second kappa shape index (κ2) is 8.07. The Labute approximate surface area is 181 Å². The van der Waals surface area contributed by atoms with Gasteiger partial charge in [0.1, 0.15) is 5.82 Å². The van der Waals surface area contributed by atoms with E-state index >= 15 is 0 Å². The second-order valence-corrected chi connectivity index (χ2v) is 9.00. The molecule has 3 heterocycles. The molecule has 9 nitrogen and oxygen atoms in total. The number of hydrogen-bond acceptors (Lipinski definition) is 6. The van der Waals surface area contributed by atoms with E-state index in [-0.39, 0.29) is 11.8 Å². The van der Waals surface area contributed by atoms with Crippen LogP contribution in [0.3, 0.4) is 0 Å². The van der Waals surface area contributed by atoms with Crippen LogP contribution in [0.4, 0.5) is 10.6 Å². The Kier molecular flexibility index (Phi) is 5.25. The number of piperidine rings is 1. The van der Waals surface area contributed by atoms with Crippen LogP contribution in [0.25, 0.3) is 5.69 Å². The molecule has 1 saturated carbocycles. The molecule has 1 aliphatic carbocycles. The van der Waals surface area contributed by atoms with E-state index in [0.717, 1.165) is 31.7 Å². The van der Waals surface area contributed by atoms with Gasteiger partial charge in [-0.25, -0.2) is 9.59 Å². The van der Waals surface area contributed by atoms with Gasteiger partial charge in [0.2, 0.25) is 0 Å². The predicted octanol–water partition coefficient (Wildman–Crippen LogP) is 0.434. The summed E-state index contributed by atoms with van der Waals surface area (Å²) in [6, 6.07) is 9.75. The first kappa shape index (κ1) is 20.2. The third kappa shape index (κ3) is 4.08. The zero-order chi connectivity index (χ0) is 21.5. The van der Waals surface area contributed by atoms with Gasteiger partial charge < -0.3 is 16.4 Å². The number of likely N-dealkylation sites (tertiary alicyclic amines) is 2. The van der Waals surface area contributed by atoms with Crippen molar-refractivity contribution < 1.29 is 4.79 Å². The van der Waals surface area contributed by atoms with Crippen molar-refractivity contribution in [3.8, 4) is 5.69 Å². The lowest BCUT2D eigenvalue weighted by atomic mass is 10.1. The van der Waals surface area contributed by atoms with Crippen LogP contribution in [-0.4, -0.2) is 64.1 Å². The average molecular weight is 424 g/mol. The van der Waals surface area contributed by atoms with Crippen LogP contribution < -0.4 is 22.5 Å². The second-order valence-electron chi connectivity index (χ2n) is 9.00. The molecular formula is C22H29N7O2. The van der Waals surface area contributed by atoms with E-state index in [1.807, 2.05) is 24.3 Å². The number of nitrogens with zero attached hydrogens (tertiary/aromatic N) is 4. The van der Waals surface area contributed by atoms with Crippen LogP contribution in [0.5, 0.6) is 0 Å². The summed E-state index contributed by atoms with van der Waals surface area (Å²) in [4.78, 5) is 33.1. The first-order valence-electron chi connectivity index (χ1n) is 10.9. The lowest BCUT2D eigenvalue weighted by Crippen LogP contribution is -2.34. The van der Waals surface area contributed by atoms with Crippen molar-refractivity contribution in [2.75, 3.05) is 38.0 Å². The standard InChI is InChI=1S/C22H29N7O2/c23-9-15-5-7-28(11-15)21(30)25-19-6-8-29(22(31)26-19)16-3-1-14(2-4-16)10-27-12-17-18(13-27)20(17)24/h1-4,6,8,15,17-18,20H,5,7,9-13,23-24H2,(H,25,26,30,31)/t15?,17-,18?,20+/m1/s1. The molecule has 2 amide bonds. The molecule has 5 N–H and O–H groups in total. The number of anilines is 1. The maximum atomic E-state index is 12.5. The third-order valence-electron chi connectivity index (χ3n) is 6.90. The molecule has 9 heteroatoms. The molecule has 5 rings (SSSR count). The van der Waals surface area contributed by atoms with Crippen molar-refractivity contribution in [1.29, 1.82) is 0 Å². The van der Waals surface area contributed by atoms with Crippen molar-refractivity contribution in [1.82, 2.24) is 19.4 Å². The number of carbonyl (C=O) groups is 1. The van der Waals surface area contributed by atoms with Crippen LogP contribution in [0.1, 0.15) is 12.0 Å². The molecule has 2 saturated heterocycles. The van der Waals surface area contributed by atoms with Crippen molar-refractivity contribution in [3.63, 3.8) is 0 Å². The molecule has 0 radical (unpaired) electrons. The zero-order valence-corrected chi connectivity index (χ0v) is 17.5. The van der Waals surface area contributed by atoms with Gasteiger partial charge in [-0.1, -0.05) is 12.1 Å². The topological polar surface area (TPSA) is 123 Å². The molecule has 0 spiro atoms. The van der Waals surface area contributed by atoms with E-state index < -0.39 is 5.69 Å². The Morgan fingerprint density at radius 3 is 2.52 bits per heavy atom. The van der Waals surface area contributed by atoms with Crippen molar-refractivity contribution >= 4 is 11.8 Å². The van der Waals surface area contributed by atoms with Gasteiger partial charge in [0, 0.05) is 45.0 Å². The normalized spacial score (nSPS) is 27.4. The van der Waals surface area contributed by atoms with Crippen molar-refractivity contribution in [2.45, 2.75) is 19.0 Å². The molecule has 1 aromatic heterocycles. The fourth-order valence-corrected chi connectivity index (χ4v) is 4.88. The maximum Gasteiger partial charge on any atom is 0.354 e. The molecule has 31 heavy (non-hydrogen) atoms. The molecule has 164 valence electrons. The highest BCUT2D eigenvalue weighted by molar-refractivity contribution is 5.88. The lowest BCUT2D eigenvalue weighted by Gasteiger charge is -2.19. The van der Waals surface area contributed by atoms with Gasteiger partial charge in [-0.3, -0.25) is 14.8 Å². The predicted molar refractivity (Wildman–Crippen MR) is 118 cm³/mol. The number of benzene rings is 1. The highest BCUT2D eigenvalue weighted by Crippen LogP contribution is 2.44. The Morgan fingerprint density at radius 1 is 1.13 bits per heavy atom. The number of aromatic nitrogens is 2. The van der Waals surface area contributed by atoms with E-state index in [2.05, 4.69) is 15.2 Å². The van der Waals surface area contributed by atoms with Crippen LogP contribution in [0.2, 0.25) is 0 Å². The number of urea groups is 1. The number of hydrogen-bond donors (Lipinski definition) is 3. The fraction of sp³-hybridized carbons (Fsp3) is 0.500. The molecule has 3 fully saturated rings. The molecule has 3 aliphatic rings. The fourth-order valence-electron chi connectivity index (χ4n) is 4.88. The number of rotatable bonds is 5. The number of nitrogens with two attached hydrogens (primary N) is 2. The van der Waals surface area contributed by atoms with Crippen molar-refractivity contribution in [3.05, 3.63) is 52.6 Å². The van der Waals surface area contributed by atoms with Gasteiger partial charge >= 0.3 is 11.7 Å². The SMILES string of the molecule is NCC1CCN(C(=O)Nc2ccn(-c3ccc(CN4CC5[C@@H](N)[C@@H]5C4)cc3)c(=O)n2)C1. The first-order valence-corrected chi connectivity index (χ1v) is 10.9.